The number of rotatable bonds is 7. The zero-order valence-electron chi connectivity index (χ0n) is 15.8. The molecule has 1 aromatic rings. The Morgan fingerprint density at radius 2 is 1.81 bits per heavy atom. The van der Waals surface area contributed by atoms with Crippen LogP contribution in [0, 0.1) is 5.92 Å². The van der Waals surface area contributed by atoms with Crippen molar-refractivity contribution in [2.75, 3.05) is 20.6 Å². The van der Waals surface area contributed by atoms with Crippen LogP contribution in [0.15, 0.2) is 18.2 Å². The highest BCUT2D eigenvalue weighted by Crippen LogP contribution is 2.32. The van der Waals surface area contributed by atoms with Crippen molar-refractivity contribution in [1.82, 2.24) is 4.90 Å². The summed E-state index contributed by atoms with van der Waals surface area (Å²) in [4.78, 5) is 37.4. The SMILES string of the molecule is CC(C)[C@H](N)C(=O)OCOC(=O)N(C)C(C)C(=O)c1ccc2c(c1)OCO2. The summed E-state index contributed by atoms with van der Waals surface area (Å²) in [7, 11) is 1.42. The van der Waals surface area contributed by atoms with Crippen molar-refractivity contribution in [3.05, 3.63) is 23.8 Å². The number of nitrogens with two attached hydrogens (primary N) is 1. The first kappa shape index (κ1) is 20.5. The molecule has 148 valence electrons. The Balaban J connectivity index is 1.88. The molecular weight excluding hydrogens is 356 g/mol. The molecule has 0 spiro atoms. The number of nitrogens with zero attached hydrogens (tertiary/aromatic N) is 1. The van der Waals surface area contributed by atoms with Crippen molar-refractivity contribution in [2.45, 2.75) is 32.9 Å². The molecule has 0 fully saturated rings. The molecule has 2 atom stereocenters. The van der Waals surface area contributed by atoms with Gasteiger partial charge in [0.25, 0.3) is 0 Å². The van der Waals surface area contributed by atoms with Gasteiger partial charge in [-0.05, 0) is 31.0 Å². The Hall–Kier alpha value is -2.81. The minimum absolute atomic E-state index is 0.102. The van der Waals surface area contributed by atoms with Gasteiger partial charge < -0.3 is 29.6 Å². The maximum atomic E-state index is 12.6. The summed E-state index contributed by atoms with van der Waals surface area (Å²) < 4.78 is 20.1. The topological polar surface area (TPSA) is 117 Å². The molecule has 1 aliphatic heterocycles. The lowest BCUT2D eigenvalue weighted by molar-refractivity contribution is -0.155. The summed E-state index contributed by atoms with van der Waals surface area (Å²) in [5, 5.41) is 0. The van der Waals surface area contributed by atoms with Crippen molar-refractivity contribution in [3.63, 3.8) is 0 Å². The summed E-state index contributed by atoms with van der Waals surface area (Å²) in [5.74, 6) is -0.0215. The second-order valence-corrected chi connectivity index (χ2v) is 6.48. The standard InChI is InChI=1S/C18H24N2O7/c1-10(2)15(19)17(22)26-9-27-18(23)20(4)11(3)16(21)12-5-6-13-14(7-12)25-8-24-13/h5-7,10-11,15H,8-9,19H2,1-4H3/t11?,15-/m0/s1. The lowest BCUT2D eigenvalue weighted by atomic mass is 10.0. The van der Waals surface area contributed by atoms with Crippen molar-refractivity contribution in [1.29, 1.82) is 0 Å². The van der Waals surface area contributed by atoms with Gasteiger partial charge in [0.05, 0.1) is 6.04 Å². The lowest BCUT2D eigenvalue weighted by Crippen LogP contribution is -2.41. The smallest absolute Gasteiger partial charge is 0.413 e. The predicted octanol–water partition coefficient (Wildman–Crippen LogP) is 1.54. The molecule has 2 N–H and O–H groups in total. The average Bonchev–Trinajstić information content (AvgIpc) is 3.12. The molecule has 0 radical (unpaired) electrons. The van der Waals surface area contributed by atoms with Crippen LogP contribution in [0.4, 0.5) is 4.79 Å². The van der Waals surface area contributed by atoms with Crippen LogP contribution >= 0.6 is 0 Å². The Labute approximate surface area is 157 Å². The summed E-state index contributed by atoms with van der Waals surface area (Å²) in [6, 6.07) is 3.20. The number of amides is 1. The monoisotopic (exact) mass is 380 g/mol. The highest BCUT2D eigenvalue weighted by Gasteiger charge is 2.27. The van der Waals surface area contributed by atoms with Crippen LogP contribution in [0.3, 0.4) is 0 Å². The number of Topliss-reactive ketones (excluding diaryl/α,β-unsaturated/α-hetero) is 1. The van der Waals surface area contributed by atoms with Crippen molar-refractivity contribution in [2.24, 2.45) is 11.7 Å². The predicted molar refractivity (Wildman–Crippen MR) is 94.4 cm³/mol. The fraction of sp³-hybridized carbons (Fsp3) is 0.500. The van der Waals surface area contributed by atoms with E-state index in [1.165, 1.54) is 7.05 Å². The molecular formula is C18H24N2O7. The van der Waals surface area contributed by atoms with E-state index in [2.05, 4.69) is 0 Å². The Morgan fingerprint density at radius 3 is 2.48 bits per heavy atom. The molecule has 2 rings (SSSR count). The van der Waals surface area contributed by atoms with Crippen LogP contribution in [0.2, 0.25) is 0 Å². The molecule has 1 heterocycles. The molecule has 0 aromatic heterocycles. The van der Waals surface area contributed by atoms with E-state index in [0.29, 0.717) is 17.1 Å². The van der Waals surface area contributed by atoms with E-state index in [0.717, 1.165) is 4.90 Å². The van der Waals surface area contributed by atoms with Crippen LogP contribution in [0.5, 0.6) is 11.5 Å². The van der Waals surface area contributed by atoms with Crippen molar-refractivity contribution >= 4 is 17.8 Å². The molecule has 1 unspecified atom stereocenters. The minimum atomic E-state index is -0.803. The maximum absolute atomic E-state index is 12.6. The Morgan fingerprint density at radius 1 is 1.15 bits per heavy atom. The van der Waals surface area contributed by atoms with Gasteiger partial charge in [-0.2, -0.15) is 0 Å². The summed E-state index contributed by atoms with van der Waals surface area (Å²) in [6.45, 7) is 4.64. The molecule has 9 nitrogen and oxygen atoms in total. The van der Waals surface area contributed by atoms with Gasteiger partial charge >= 0.3 is 12.1 Å². The van der Waals surface area contributed by atoms with E-state index in [9.17, 15) is 14.4 Å². The highest BCUT2D eigenvalue weighted by molar-refractivity contribution is 6.01. The molecule has 27 heavy (non-hydrogen) atoms. The van der Waals surface area contributed by atoms with Crippen molar-refractivity contribution in [3.8, 4) is 11.5 Å². The number of likely N-dealkylation sites (N-methyl/N-ethyl adjacent to an activating group) is 1. The first-order chi connectivity index (χ1) is 12.7. The molecule has 0 saturated carbocycles. The lowest BCUT2D eigenvalue weighted by Gasteiger charge is -2.23. The third-order valence-corrected chi connectivity index (χ3v) is 4.28. The molecule has 9 heteroatoms. The number of fused-ring (bicyclic) bond motifs is 1. The average molecular weight is 380 g/mol. The number of carbonyl (C=O) groups is 3. The number of hydrogen-bond acceptors (Lipinski definition) is 8. The van der Waals surface area contributed by atoms with Crippen LogP contribution in [-0.4, -0.2) is 55.5 Å². The van der Waals surface area contributed by atoms with Gasteiger partial charge in [-0.1, -0.05) is 13.8 Å². The van der Waals surface area contributed by atoms with Crippen LogP contribution in [0.25, 0.3) is 0 Å². The van der Waals surface area contributed by atoms with Gasteiger partial charge in [-0.25, -0.2) is 4.79 Å². The van der Waals surface area contributed by atoms with Crippen LogP contribution < -0.4 is 15.2 Å². The summed E-state index contributed by atoms with van der Waals surface area (Å²) in [6.07, 6.45) is -0.803. The van der Waals surface area contributed by atoms with Gasteiger partial charge in [0.2, 0.25) is 13.6 Å². The van der Waals surface area contributed by atoms with Gasteiger partial charge in [0.1, 0.15) is 6.04 Å². The fourth-order valence-electron chi connectivity index (χ4n) is 2.23. The maximum Gasteiger partial charge on any atom is 0.413 e. The minimum Gasteiger partial charge on any atom is -0.454 e. The number of ketones is 1. The molecule has 1 aliphatic rings. The molecule has 0 saturated heterocycles. The van der Waals surface area contributed by atoms with Crippen molar-refractivity contribution < 1.29 is 33.3 Å². The van der Waals surface area contributed by atoms with Gasteiger partial charge in [0.15, 0.2) is 17.3 Å². The van der Waals surface area contributed by atoms with E-state index >= 15 is 0 Å². The van der Waals surface area contributed by atoms with Gasteiger partial charge in [-0.3, -0.25) is 9.59 Å². The summed E-state index contributed by atoms with van der Waals surface area (Å²) in [5.41, 5.74) is 6.01. The number of benzene rings is 1. The van der Waals surface area contributed by atoms with Gasteiger partial charge in [-0.15, -0.1) is 0 Å². The molecule has 1 aromatic carbocycles. The zero-order valence-corrected chi connectivity index (χ0v) is 15.8. The van der Waals surface area contributed by atoms with E-state index < -0.39 is 30.9 Å². The van der Waals surface area contributed by atoms with Gasteiger partial charge in [0, 0.05) is 12.6 Å². The number of hydrogen-bond donors (Lipinski definition) is 1. The zero-order chi connectivity index (χ0) is 20.1. The number of esters is 1. The first-order valence-corrected chi connectivity index (χ1v) is 8.48. The molecule has 0 bridgehead atoms. The normalized spacial score (nSPS) is 14.4. The molecule has 1 amide bonds. The second-order valence-electron chi connectivity index (χ2n) is 6.48. The largest absolute Gasteiger partial charge is 0.454 e. The van der Waals surface area contributed by atoms with Crippen LogP contribution in [0.1, 0.15) is 31.1 Å². The highest BCUT2D eigenvalue weighted by atomic mass is 16.7. The first-order valence-electron chi connectivity index (χ1n) is 8.48. The fourth-order valence-corrected chi connectivity index (χ4v) is 2.23. The third kappa shape index (κ3) is 4.88. The van der Waals surface area contributed by atoms with E-state index in [4.69, 9.17) is 24.7 Å². The van der Waals surface area contributed by atoms with Crippen LogP contribution in [-0.2, 0) is 14.3 Å². The van der Waals surface area contributed by atoms with E-state index in [-0.39, 0.29) is 18.5 Å². The third-order valence-electron chi connectivity index (χ3n) is 4.28. The Bertz CT molecular complexity index is 720. The second kappa shape index (κ2) is 8.72. The Kier molecular flexibility index (Phi) is 6.62. The summed E-state index contributed by atoms with van der Waals surface area (Å²) >= 11 is 0. The quantitative estimate of drug-likeness (QED) is 0.430. The molecule has 0 aliphatic carbocycles. The van der Waals surface area contributed by atoms with E-state index in [1.807, 2.05) is 0 Å². The number of carbonyl (C=O) groups excluding carboxylic acids is 3. The van der Waals surface area contributed by atoms with E-state index in [1.54, 1.807) is 39.0 Å². The number of ether oxygens (including phenoxy) is 4.